The van der Waals surface area contributed by atoms with Gasteiger partial charge in [0.25, 0.3) is 5.91 Å². The number of benzene rings is 1. The SMILES string of the molecule is O=C(OCC(=O)N1CCCCCCC1)C1CCCCC1C(=O)N1CCc2ccccc21. The van der Waals surface area contributed by atoms with E-state index in [1.807, 2.05) is 28.0 Å². The van der Waals surface area contributed by atoms with Crippen LogP contribution in [0.5, 0.6) is 0 Å². The Bertz CT molecular complexity index is 800. The van der Waals surface area contributed by atoms with Crippen LogP contribution in [0.4, 0.5) is 5.69 Å². The number of hydrogen-bond acceptors (Lipinski definition) is 4. The zero-order chi connectivity index (χ0) is 21.6. The highest BCUT2D eigenvalue weighted by atomic mass is 16.5. The van der Waals surface area contributed by atoms with Crippen LogP contribution in [0, 0.1) is 11.8 Å². The second kappa shape index (κ2) is 10.3. The second-order valence-electron chi connectivity index (χ2n) is 9.12. The van der Waals surface area contributed by atoms with Crippen molar-refractivity contribution in [2.45, 2.75) is 64.2 Å². The molecule has 168 valence electrons. The fraction of sp³-hybridized carbons (Fsp3) is 0.640. The molecule has 1 saturated heterocycles. The van der Waals surface area contributed by atoms with Crippen molar-refractivity contribution in [1.29, 1.82) is 0 Å². The average Bonchev–Trinajstić information content (AvgIpc) is 3.21. The summed E-state index contributed by atoms with van der Waals surface area (Å²) < 4.78 is 5.48. The Morgan fingerprint density at radius 1 is 0.839 bits per heavy atom. The molecular weight excluding hydrogens is 392 g/mol. The number of fused-ring (bicyclic) bond motifs is 1. The first-order valence-corrected chi connectivity index (χ1v) is 12.0. The molecule has 2 atom stereocenters. The number of rotatable bonds is 4. The quantitative estimate of drug-likeness (QED) is 0.689. The molecule has 1 saturated carbocycles. The Morgan fingerprint density at radius 2 is 1.52 bits per heavy atom. The molecule has 1 aliphatic carbocycles. The number of likely N-dealkylation sites (tertiary alicyclic amines) is 1. The topological polar surface area (TPSA) is 66.9 Å². The first-order chi connectivity index (χ1) is 15.1. The molecule has 1 aromatic carbocycles. The van der Waals surface area contributed by atoms with Gasteiger partial charge in [-0.2, -0.15) is 0 Å². The second-order valence-corrected chi connectivity index (χ2v) is 9.12. The third kappa shape index (κ3) is 5.10. The number of ether oxygens (including phenoxy) is 1. The summed E-state index contributed by atoms with van der Waals surface area (Å²) in [6.45, 7) is 1.96. The van der Waals surface area contributed by atoms with Crippen molar-refractivity contribution in [3.63, 3.8) is 0 Å². The molecule has 6 heteroatoms. The van der Waals surface area contributed by atoms with Crippen LogP contribution in [-0.2, 0) is 25.5 Å². The Morgan fingerprint density at radius 3 is 2.29 bits per heavy atom. The minimum atomic E-state index is -0.450. The van der Waals surface area contributed by atoms with Crippen LogP contribution in [0.25, 0.3) is 0 Å². The maximum atomic E-state index is 13.4. The van der Waals surface area contributed by atoms with Gasteiger partial charge in [-0.05, 0) is 43.7 Å². The summed E-state index contributed by atoms with van der Waals surface area (Å²) in [7, 11) is 0. The smallest absolute Gasteiger partial charge is 0.310 e. The van der Waals surface area contributed by atoms with Gasteiger partial charge in [0.2, 0.25) is 5.91 Å². The van der Waals surface area contributed by atoms with Crippen molar-refractivity contribution in [3.8, 4) is 0 Å². The third-order valence-corrected chi connectivity index (χ3v) is 7.09. The number of amides is 2. The minimum Gasteiger partial charge on any atom is -0.455 e. The molecule has 2 amide bonds. The Labute approximate surface area is 184 Å². The molecule has 2 fully saturated rings. The fourth-order valence-electron chi connectivity index (χ4n) is 5.30. The normalized spacial score (nSPS) is 24.1. The van der Waals surface area contributed by atoms with Gasteiger partial charge >= 0.3 is 5.97 Å². The van der Waals surface area contributed by atoms with Gasteiger partial charge in [0.1, 0.15) is 0 Å². The number of nitrogens with zero attached hydrogens (tertiary/aromatic N) is 2. The lowest BCUT2D eigenvalue weighted by molar-refractivity contribution is -0.159. The van der Waals surface area contributed by atoms with Gasteiger partial charge in [-0.25, -0.2) is 0 Å². The van der Waals surface area contributed by atoms with Crippen molar-refractivity contribution >= 4 is 23.5 Å². The average molecular weight is 427 g/mol. The van der Waals surface area contributed by atoms with Crippen LogP contribution < -0.4 is 4.90 Å². The van der Waals surface area contributed by atoms with E-state index in [1.165, 1.54) is 12.0 Å². The minimum absolute atomic E-state index is 0.0293. The van der Waals surface area contributed by atoms with E-state index in [4.69, 9.17) is 4.74 Å². The van der Waals surface area contributed by atoms with Gasteiger partial charge < -0.3 is 14.5 Å². The number of esters is 1. The highest BCUT2D eigenvalue weighted by Gasteiger charge is 2.40. The van der Waals surface area contributed by atoms with Crippen molar-refractivity contribution < 1.29 is 19.1 Å². The number of anilines is 1. The van der Waals surface area contributed by atoms with E-state index >= 15 is 0 Å². The van der Waals surface area contributed by atoms with Crippen LogP contribution >= 0.6 is 0 Å². The van der Waals surface area contributed by atoms with Gasteiger partial charge in [0.15, 0.2) is 6.61 Å². The monoisotopic (exact) mass is 426 g/mol. The summed E-state index contributed by atoms with van der Waals surface area (Å²) in [5, 5.41) is 0. The summed E-state index contributed by atoms with van der Waals surface area (Å²) >= 11 is 0. The maximum absolute atomic E-state index is 13.4. The van der Waals surface area contributed by atoms with Crippen molar-refractivity contribution in [3.05, 3.63) is 29.8 Å². The van der Waals surface area contributed by atoms with Crippen LogP contribution in [0.15, 0.2) is 24.3 Å². The van der Waals surface area contributed by atoms with Crippen molar-refractivity contribution in [1.82, 2.24) is 4.90 Å². The highest BCUT2D eigenvalue weighted by molar-refractivity contribution is 5.99. The molecule has 6 nitrogen and oxygen atoms in total. The van der Waals surface area contributed by atoms with Crippen molar-refractivity contribution in [2.75, 3.05) is 31.1 Å². The molecule has 2 aliphatic heterocycles. The van der Waals surface area contributed by atoms with Crippen LogP contribution in [0.2, 0.25) is 0 Å². The van der Waals surface area contributed by atoms with E-state index in [-0.39, 0.29) is 30.3 Å². The standard InChI is InChI=1S/C25H34N2O4/c28-23(26-15-8-2-1-3-9-16-26)18-31-25(30)21-12-6-5-11-20(21)24(29)27-17-14-19-10-4-7-13-22(19)27/h4,7,10,13,20-21H,1-3,5-6,8-9,11-12,14-18H2. The van der Waals surface area contributed by atoms with Crippen LogP contribution in [0.3, 0.4) is 0 Å². The van der Waals surface area contributed by atoms with E-state index in [0.29, 0.717) is 19.4 Å². The Hall–Kier alpha value is -2.37. The highest BCUT2D eigenvalue weighted by Crippen LogP contribution is 2.36. The third-order valence-electron chi connectivity index (χ3n) is 7.09. The lowest BCUT2D eigenvalue weighted by atomic mass is 9.78. The van der Waals surface area contributed by atoms with E-state index in [1.54, 1.807) is 0 Å². The molecule has 31 heavy (non-hydrogen) atoms. The molecule has 2 unspecified atom stereocenters. The molecule has 2 heterocycles. The molecule has 3 aliphatic rings. The van der Waals surface area contributed by atoms with Crippen LogP contribution in [-0.4, -0.2) is 48.9 Å². The van der Waals surface area contributed by atoms with Gasteiger partial charge in [0, 0.05) is 25.3 Å². The summed E-state index contributed by atoms with van der Waals surface area (Å²) in [6, 6.07) is 7.99. The zero-order valence-electron chi connectivity index (χ0n) is 18.4. The van der Waals surface area contributed by atoms with E-state index in [2.05, 4.69) is 6.07 Å². The molecule has 0 bridgehead atoms. The Balaban J connectivity index is 1.36. The molecule has 0 aromatic heterocycles. The van der Waals surface area contributed by atoms with Gasteiger partial charge in [-0.15, -0.1) is 0 Å². The molecule has 0 radical (unpaired) electrons. The fourth-order valence-corrected chi connectivity index (χ4v) is 5.30. The lowest BCUT2D eigenvalue weighted by Crippen LogP contribution is -2.43. The molecule has 0 N–H and O–H groups in total. The zero-order valence-corrected chi connectivity index (χ0v) is 18.4. The lowest BCUT2D eigenvalue weighted by Gasteiger charge is -2.32. The number of carbonyl (C=O) groups excluding carboxylic acids is 3. The summed E-state index contributed by atoms with van der Waals surface area (Å²) in [5.74, 6) is -1.27. The molecular formula is C25H34N2O4. The van der Waals surface area contributed by atoms with Crippen molar-refractivity contribution in [2.24, 2.45) is 11.8 Å². The first kappa shape index (κ1) is 21.8. The number of carbonyl (C=O) groups is 3. The van der Waals surface area contributed by atoms with Gasteiger partial charge in [-0.3, -0.25) is 14.4 Å². The summed E-state index contributed by atoms with van der Waals surface area (Å²) in [6.07, 6.45) is 9.63. The molecule has 4 rings (SSSR count). The predicted molar refractivity (Wildman–Crippen MR) is 119 cm³/mol. The maximum Gasteiger partial charge on any atom is 0.310 e. The van der Waals surface area contributed by atoms with E-state index < -0.39 is 5.92 Å². The van der Waals surface area contributed by atoms with E-state index in [0.717, 1.165) is 63.7 Å². The summed E-state index contributed by atoms with van der Waals surface area (Å²) in [4.78, 5) is 42.6. The van der Waals surface area contributed by atoms with E-state index in [9.17, 15) is 14.4 Å². The van der Waals surface area contributed by atoms with Gasteiger partial charge in [-0.1, -0.05) is 50.3 Å². The molecule has 0 spiro atoms. The molecule has 1 aromatic rings. The summed E-state index contributed by atoms with van der Waals surface area (Å²) in [5.41, 5.74) is 2.15. The largest absolute Gasteiger partial charge is 0.455 e. The van der Waals surface area contributed by atoms with Gasteiger partial charge in [0.05, 0.1) is 11.8 Å². The Kier molecular flexibility index (Phi) is 7.25. The number of hydrogen-bond donors (Lipinski definition) is 0. The predicted octanol–water partition coefficient (Wildman–Crippen LogP) is 3.72. The van der Waals surface area contributed by atoms with Crippen LogP contribution in [0.1, 0.15) is 63.4 Å². The number of para-hydroxylation sites is 1. The first-order valence-electron chi connectivity index (χ1n) is 12.0.